The number of rotatable bonds is 8. The first-order chi connectivity index (χ1) is 11.1. The van der Waals surface area contributed by atoms with Gasteiger partial charge >= 0.3 is 0 Å². The van der Waals surface area contributed by atoms with Crippen molar-refractivity contribution in [2.75, 3.05) is 26.4 Å². The fraction of sp³-hybridized carbons (Fsp3) is 0.353. The maximum atomic E-state index is 12.8. The molecule has 1 aromatic carbocycles. The van der Waals surface area contributed by atoms with Crippen LogP contribution in [0.4, 0.5) is 4.39 Å². The van der Waals surface area contributed by atoms with Gasteiger partial charge in [0.15, 0.2) is 0 Å². The lowest BCUT2D eigenvalue weighted by Crippen LogP contribution is -2.34. The van der Waals surface area contributed by atoms with Crippen molar-refractivity contribution >= 4 is 29.0 Å². The van der Waals surface area contributed by atoms with Crippen LogP contribution in [-0.4, -0.2) is 37.2 Å². The van der Waals surface area contributed by atoms with Gasteiger partial charge in [-0.1, -0.05) is 6.07 Å². The van der Waals surface area contributed by atoms with Gasteiger partial charge in [-0.3, -0.25) is 4.79 Å². The lowest BCUT2D eigenvalue weighted by atomic mass is 10.2. The van der Waals surface area contributed by atoms with Crippen LogP contribution in [0.25, 0.3) is 0 Å². The first-order valence-electron chi connectivity index (χ1n) is 7.41. The molecule has 0 aliphatic rings. The molecule has 1 amide bonds. The molecule has 1 atom stereocenters. The fourth-order valence-corrected chi connectivity index (χ4v) is 3.88. The second kappa shape index (κ2) is 9.05. The Morgan fingerprint density at radius 2 is 2.04 bits per heavy atom. The Balaban J connectivity index is 1.73. The third kappa shape index (κ3) is 5.97. The van der Waals surface area contributed by atoms with E-state index in [9.17, 15) is 9.18 Å². The van der Waals surface area contributed by atoms with E-state index in [0.29, 0.717) is 18.7 Å². The van der Waals surface area contributed by atoms with Crippen molar-refractivity contribution in [3.8, 4) is 0 Å². The normalized spacial score (nSPS) is 12.3. The van der Waals surface area contributed by atoms with Crippen LogP contribution in [0.5, 0.6) is 0 Å². The van der Waals surface area contributed by atoms with E-state index in [1.807, 2.05) is 25.5 Å². The van der Waals surface area contributed by atoms with Crippen molar-refractivity contribution in [3.05, 3.63) is 52.5 Å². The fourth-order valence-electron chi connectivity index (χ4n) is 2.11. The van der Waals surface area contributed by atoms with E-state index in [1.54, 1.807) is 35.2 Å². The van der Waals surface area contributed by atoms with E-state index >= 15 is 0 Å². The molecule has 23 heavy (non-hydrogen) atoms. The first kappa shape index (κ1) is 18.0. The van der Waals surface area contributed by atoms with Gasteiger partial charge in [0.05, 0.1) is 6.04 Å². The molecule has 0 saturated heterocycles. The second-order valence-corrected chi connectivity index (χ2v) is 7.50. The molecule has 2 aromatic rings. The van der Waals surface area contributed by atoms with Crippen LogP contribution in [0.3, 0.4) is 0 Å². The number of amides is 1. The van der Waals surface area contributed by atoms with Crippen LogP contribution in [0.1, 0.15) is 17.3 Å². The average Bonchev–Trinajstić information content (AvgIpc) is 3.03. The summed E-state index contributed by atoms with van der Waals surface area (Å²) in [7, 11) is 4.03. The Hall–Kier alpha value is -1.37. The van der Waals surface area contributed by atoms with Crippen LogP contribution in [0.2, 0.25) is 0 Å². The predicted octanol–water partition coefficient (Wildman–Crippen LogP) is 3.79. The standard InChI is InChI=1S/C17H21FN2OS2/c1-20(2)15(16-4-3-10-23-16)12-19-17(21)9-11-22-14-7-5-13(18)6-8-14/h3-8,10,15H,9,11-12H2,1-2H3,(H,19,21). The highest BCUT2D eigenvalue weighted by atomic mass is 32.2. The van der Waals surface area contributed by atoms with E-state index in [4.69, 9.17) is 0 Å². The molecule has 0 fully saturated rings. The smallest absolute Gasteiger partial charge is 0.220 e. The summed E-state index contributed by atoms with van der Waals surface area (Å²) in [6.45, 7) is 0.605. The van der Waals surface area contributed by atoms with Crippen molar-refractivity contribution in [2.24, 2.45) is 0 Å². The predicted molar refractivity (Wildman–Crippen MR) is 95.5 cm³/mol. The summed E-state index contributed by atoms with van der Waals surface area (Å²) in [4.78, 5) is 16.3. The zero-order valence-electron chi connectivity index (χ0n) is 13.3. The molecule has 0 spiro atoms. The topological polar surface area (TPSA) is 32.3 Å². The highest BCUT2D eigenvalue weighted by Crippen LogP contribution is 2.22. The minimum absolute atomic E-state index is 0.0445. The largest absolute Gasteiger partial charge is 0.354 e. The van der Waals surface area contributed by atoms with Crippen LogP contribution in [0.15, 0.2) is 46.7 Å². The van der Waals surface area contributed by atoms with Gasteiger partial charge in [0.25, 0.3) is 0 Å². The van der Waals surface area contributed by atoms with Gasteiger partial charge in [0, 0.05) is 28.5 Å². The SMILES string of the molecule is CN(C)C(CNC(=O)CCSc1ccc(F)cc1)c1cccs1. The number of hydrogen-bond donors (Lipinski definition) is 1. The molecule has 2 rings (SSSR count). The molecule has 0 radical (unpaired) electrons. The van der Waals surface area contributed by atoms with Gasteiger partial charge in [0.1, 0.15) is 5.82 Å². The molecule has 1 aromatic heterocycles. The molecule has 1 heterocycles. The van der Waals surface area contributed by atoms with E-state index in [2.05, 4.69) is 16.3 Å². The van der Waals surface area contributed by atoms with Gasteiger partial charge in [-0.15, -0.1) is 23.1 Å². The van der Waals surface area contributed by atoms with Crippen LogP contribution in [0, 0.1) is 5.82 Å². The Bertz CT molecular complexity index is 600. The van der Waals surface area contributed by atoms with Crippen molar-refractivity contribution in [2.45, 2.75) is 17.4 Å². The lowest BCUT2D eigenvalue weighted by Gasteiger charge is -2.23. The maximum absolute atomic E-state index is 12.8. The number of thiophene rings is 1. The van der Waals surface area contributed by atoms with E-state index in [-0.39, 0.29) is 17.8 Å². The zero-order chi connectivity index (χ0) is 16.7. The number of likely N-dealkylation sites (N-methyl/N-ethyl adjacent to an activating group) is 1. The van der Waals surface area contributed by atoms with E-state index in [1.165, 1.54) is 17.0 Å². The minimum atomic E-state index is -0.240. The number of benzene rings is 1. The van der Waals surface area contributed by atoms with Gasteiger partial charge in [-0.05, 0) is 49.8 Å². The van der Waals surface area contributed by atoms with Crippen LogP contribution in [-0.2, 0) is 4.79 Å². The minimum Gasteiger partial charge on any atom is -0.354 e. The highest BCUT2D eigenvalue weighted by Gasteiger charge is 2.16. The molecule has 1 N–H and O–H groups in total. The number of halogens is 1. The van der Waals surface area contributed by atoms with Crippen molar-refractivity contribution < 1.29 is 9.18 Å². The molecule has 0 aliphatic heterocycles. The van der Waals surface area contributed by atoms with Crippen molar-refractivity contribution in [1.82, 2.24) is 10.2 Å². The van der Waals surface area contributed by atoms with Crippen LogP contribution >= 0.6 is 23.1 Å². The Morgan fingerprint density at radius 1 is 1.30 bits per heavy atom. The second-order valence-electron chi connectivity index (χ2n) is 5.35. The molecular formula is C17H21FN2OS2. The average molecular weight is 352 g/mol. The van der Waals surface area contributed by atoms with Gasteiger partial charge < -0.3 is 10.2 Å². The lowest BCUT2D eigenvalue weighted by molar-refractivity contribution is -0.120. The summed E-state index contributed by atoms with van der Waals surface area (Å²) in [5, 5.41) is 5.05. The number of nitrogens with zero attached hydrogens (tertiary/aromatic N) is 1. The van der Waals surface area contributed by atoms with E-state index < -0.39 is 0 Å². The van der Waals surface area contributed by atoms with Crippen LogP contribution < -0.4 is 5.32 Å². The molecule has 0 saturated carbocycles. The zero-order valence-corrected chi connectivity index (χ0v) is 14.9. The monoisotopic (exact) mass is 352 g/mol. The summed E-state index contributed by atoms with van der Waals surface area (Å²) in [6, 6.07) is 10.6. The van der Waals surface area contributed by atoms with Crippen molar-refractivity contribution in [1.29, 1.82) is 0 Å². The van der Waals surface area contributed by atoms with Gasteiger partial charge in [0.2, 0.25) is 5.91 Å². The molecular weight excluding hydrogens is 331 g/mol. The number of carbonyl (C=O) groups is 1. The quantitative estimate of drug-likeness (QED) is 0.734. The number of carbonyl (C=O) groups excluding carboxylic acids is 1. The molecule has 3 nitrogen and oxygen atoms in total. The first-order valence-corrected chi connectivity index (χ1v) is 9.27. The molecule has 6 heteroatoms. The highest BCUT2D eigenvalue weighted by molar-refractivity contribution is 7.99. The van der Waals surface area contributed by atoms with Crippen molar-refractivity contribution in [3.63, 3.8) is 0 Å². The Labute approximate surface area is 144 Å². The third-order valence-electron chi connectivity index (χ3n) is 3.40. The molecule has 0 aliphatic carbocycles. The molecule has 1 unspecified atom stereocenters. The summed E-state index contributed by atoms with van der Waals surface area (Å²) < 4.78 is 12.8. The van der Waals surface area contributed by atoms with Gasteiger partial charge in [-0.2, -0.15) is 0 Å². The summed E-state index contributed by atoms with van der Waals surface area (Å²) in [5.41, 5.74) is 0. The number of thioether (sulfide) groups is 1. The Morgan fingerprint density at radius 3 is 2.65 bits per heavy atom. The maximum Gasteiger partial charge on any atom is 0.220 e. The Kier molecular flexibility index (Phi) is 7.08. The van der Waals surface area contributed by atoms with Gasteiger partial charge in [-0.25, -0.2) is 4.39 Å². The van der Waals surface area contributed by atoms with E-state index in [0.717, 1.165) is 4.90 Å². The summed E-state index contributed by atoms with van der Waals surface area (Å²) >= 11 is 3.26. The molecule has 0 bridgehead atoms. The third-order valence-corrected chi connectivity index (χ3v) is 5.39. The summed E-state index contributed by atoms with van der Waals surface area (Å²) in [5.74, 6) is 0.488. The number of hydrogen-bond acceptors (Lipinski definition) is 4. The molecule has 124 valence electrons. The number of nitrogens with one attached hydrogen (secondary N) is 1. The summed E-state index contributed by atoms with van der Waals surface area (Å²) in [6.07, 6.45) is 0.451.